The van der Waals surface area contributed by atoms with Crippen molar-refractivity contribution < 1.29 is 4.74 Å². The quantitative estimate of drug-likeness (QED) is 0.651. The number of hydrogen-bond acceptors (Lipinski definition) is 3. The highest BCUT2D eigenvalue weighted by atomic mass is 16.5. The van der Waals surface area contributed by atoms with Crippen LogP contribution in [0.5, 0.6) is 5.88 Å². The van der Waals surface area contributed by atoms with Crippen LogP contribution in [0, 0.1) is 19.3 Å². The highest BCUT2D eigenvalue weighted by Gasteiger charge is 2.13. The van der Waals surface area contributed by atoms with Crippen LogP contribution in [0.3, 0.4) is 0 Å². The predicted molar refractivity (Wildman–Crippen MR) is 75.5 cm³/mol. The van der Waals surface area contributed by atoms with E-state index in [1.54, 1.807) is 0 Å². The van der Waals surface area contributed by atoms with E-state index in [0.29, 0.717) is 18.1 Å². The van der Waals surface area contributed by atoms with Crippen molar-refractivity contribution in [2.75, 3.05) is 0 Å². The summed E-state index contributed by atoms with van der Waals surface area (Å²) in [6.45, 7) is 4.21. The van der Waals surface area contributed by atoms with Crippen LogP contribution in [-0.4, -0.2) is 10.8 Å². The molecule has 1 aromatic carbocycles. The topological polar surface area (TPSA) is 72.0 Å². The first-order valence-corrected chi connectivity index (χ1v) is 6.07. The standard InChI is InChI=1S/C15H17N3O/c1-10-8-11(2)18-15(13(10)14(16)17)19-9-12-6-4-3-5-7-12/h3-8H,9H2,1-2H3,(H3,16,17). The number of aromatic nitrogens is 1. The van der Waals surface area contributed by atoms with Gasteiger partial charge in [-0.2, -0.15) is 0 Å². The summed E-state index contributed by atoms with van der Waals surface area (Å²) in [5.74, 6) is 0.405. The number of nitrogens with one attached hydrogen (secondary N) is 1. The highest BCUT2D eigenvalue weighted by Crippen LogP contribution is 2.21. The molecule has 0 saturated carbocycles. The molecule has 0 aliphatic rings. The van der Waals surface area contributed by atoms with Crippen LogP contribution in [0.15, 0.2) is 36.4 Å². The molecule has 0 saturated heterocycles. The molecule has 0 spiro atoms. The van der Waals surface area contributed by atoms with E-state index in [-0.39, 0.29) is 5.84 Å². The SMILES string of the molecule is Cc1cc(C)c(C(=N)N)c(OCc2ccccc2)n1. The number of nitrogens with zero attached hydrogens (tertiary/aromatic N) is 1. The Balaban J connectivity index is 2.27. The van der Waals surface area contributed by atoms with Gasteiger partial charge in [0.05, 0.1) is 5.56 Å². The summed E-state index contributed by atoms with van der Waals surface area (Å²) in [6, 6.07) is 11.7. The van der Waals surface area contributed by atoms with E-state index in [1.807, 2.05) is 50.2 Å². The predicted octanol–water partition coefficient (Wildman–Crippen LogP) is 2.56. The number of nitrogens with two attached hydrogens (primary N) is 1. The van der Waals surface area contributed by atoms with Crippen molar-refractivity contribution in [2.24, 2.45) is 5.73 Å². The van der Waals surface area contributed by atoms with Gasteiger partial charge >= 0.3 is 0 Å². The number of amidine groups is 1. The fourth-order valence-electron chi connectivity index (χ4n) is 1.96. The summed E-state index contributed by atoms with van der Waals surface area (Å²) in [6.07, 6.45) is 0. The fraction of sp³-hybridized carbons (Fsp3) is 0.200. The van der Waals surface area contributed by atoms with Gasteiger partial charge in [0.1, 0.15) is 12.4 Å². The van der Waals surface area contributed by atoms with E-state index in [1.165, 1.54) is 0 Å². The second kappa shape index (κ2) is 5.52. The second-order valence-electron chi connectivity index (χ2n) is 4.45. The molecule has 98 valence electrons. The van der Waals surface area contributed by atoms with E-state index in [0.717, 1.165) is 16.8 Å². The monoisotopic (exact) mass is 255 g/mol. The van der Waals surface area contributed by atoms with Crippen LogP contribution < -0.4 is 10.5 Å². The zero-order valence-electron chi connectivity index (χ0n) is 11.1. The molecule has 0 radical (unpaired) electrons. The number of rotatable bonds is 4. The van der Waals surface area contributed by atoms with Crippen molar-refractivity contribution in [1.82, 2.24) is 4.98 Å². The van der Waals surface area contributed by atoms with Crippen LogP contribution in [0.1, 0.15) is 22.4 Å². The Labute approximate surface area is 112 Å². The number of pyridine rings is 1. The molecule has 0 amide bonds. The summed E-state index contributed by atoms with van der Waals surface area (Å²) in [5.41, 5.74) is 8.98. The molecular formula is C15H17N3O. The third-order valence-corrected chi connectivity index (χ3v) is 2.80. The molecule has 2 rings (SSSR count). The smallest absolute Gasteiger partial charge is 0.225 e. The van der Waals surface area contributed by atoms with Gasteiger partial charge in [0.25, 0.3) is 0 Å². The lowest BCUT2D eigenvalue weighted by atomic mass is 10.1. The lowest BCUT2D eigenvalue weighted by molar-refractivity contribution is 0.292. The molecule has 0 aliphatic carbocycles. The molecule has 0 bridgehead atoms. The average molecular weight is 255 g/mol. The first-order chi connectivity index (χ1) is 9.08. The zero-order chi connectivity index (χ0) is 13.8. The van der Waals surface area contributed by atoms with Gasteiger partial charge in [0.2, 0.25) is 5.88 Å². The van der Waals surface area contributed by atoms with Crippen LogP contribution in [0.2, 0.25) is 0 Å². The summed E-state index contributed by atoms with van der Waals surface area (Å²) < 4.78 is 5.71. The molecule has 4 heteroatoms. The molecule has 4 nitrogen and oxygen atoms in total. The number of hydrogen-bond donors (Lipinski definition) is 2. The van der Waals surface area contributed by atoms with Gasteiger partial charge in [-0.05, 0) is 31.0 Å². The number of ether oxygens (including phenoxy) is 1. The summed E-state index contributed by atoms with van der Waals surface area (Å²) in [5, 5.41) is 7.63. The Hall–Kier alpha value is -2.36. The molecule has 19 heavy (non-hydrogen) atoms. The van der Waals surface area contributed by atoms with Crippen LogP contribution in [0.25, 0.3) is 0 Å². The van der Waals surface area contributed by atoms with Gasteiger partial charge in [0.15, 0.2) is 0 Å². The van der Waals surface area contributed by atoms with Gasteiger partial charge < -0.3 is 10.5 Å². The molecule has 0 fully saturated rings. The van der Waals surface area contributed by atoms with Crippen LogP contribution in [-0.2, 0) is 6.61 Å². The van der Waals surface area contributed by atoms with E-state index in [9.17, 15) is 0 Å². The summed E-state index contributed by atoms with van der Waals surface area (Å²) >= 11 is 0. The minimum Gasteiger partial charge on any atom is -0.472 e. The molecule has 0 aliphatic heterocycles. The molecular weight excluding hydrogens is 238 g/mol. The van der Waals surface area contributed by atoms with Crippen molar-refractivity contribution in [1.29, 1.82) is 5.41 Å². The Morgan fingerprint density at radius 2 is 1.95 bits per heavy atom. The van der Waals surface area contributed by atoms with E-state index >= 15 is 0 Å². The Morgan fingerprint density at radius 3 is 2.58 bits per heavy atom. The third kappa shape index (κ3) is 3.10. The van der Waals surface area contributed by atoms with Crippen molar-refractivity contribution in [2.45, 2.75) is 20.5 Å². The highest BCUT2D eigenvalue weighted by molar-refractivity contribution is 5.98. The number of nitrogen functional groups attached to an aromatic ring is 1. The fourth-order valence-corrected chi connectivity index (χ4v) is 1.96. The second-order valence-corrected chi connectivity index (χ2v) is 4.45. The van der Waals surface area contributed by atoms with E-state index in [2.05, 4.69) is 4.98 Å². The van der Waals surface area contributed by atoms with E-state index < -0.39 is 0 Å². The number of benzene rings is 1. The molecule has 0 atom stereocenters. The van der Waals surface area contributed by atoms with Gasteiger partial charge in [-0.25, -0.2) is 4.98 Å². The largest absolute Gasteiger partial charge is 0.472 e. The molecule has 1 heterocycles. The summed E-state index contributed by atoms with van der Waals surface area (Å²) in [7, 11) is 0. The molecule has 0 unspecified atom stereocenters. The number of aryl methyl sites for hydroxylation is 2. The minimum atomic E-state index is -0.0203. The van der Waals surface area contributed by atoms with Crippen molar-refractivity contribution in [3.05, 3.63) is 58.8 Å². The summed E-state index contributed by atoms with van der Waals surface area (Å²) in [4.78, 5) is 4.33. The van der Waals surface area contributed by atoms with E-state index in [4.69, 9.17) is 15.9 Å². The van der Waals surface area contributed by atoms with Crippen LogP contribution >= 0.6 is 0 Å². The third-order valence-electron chi connectivity index (χ3n) is 2.80. The zero-order valence-corrected chi connectivity index (χ0v) is 11.1. The van der Waals surface area contributed by atoms with Crippen molar-refractivity contribution in [3.63, 3.8) is 0 Å². The maximum atomic E-state index is 7.63. The first kappa shape index (κ1) is 13.1. The Kier molecular flexibility index (Phi) is 3.80. The van der Waals surface area contributed by atoms with Crippen molar-refractivity contribution in [3.8, 4) is 5.88 Å². The molecule has 2 aromatic rings. The van der Waals surface area contributed by atoms with Crippen LogP contribution in [0.4, 0.5) is 0 Å². The van der Waals surface area contributed by atoms with Gasteiger partial charge in [-0.15, -0.1) is 0 Å². The minimum absolute atomic E-state index is 0.0203. The molecule has 3 N–H and O–H groups in total. The maximum Gasteiger partial charge on any atom is 0.225 e. The Bertz CT molecular complexity index is 594. The van der Waals surface area contributed by atoms with Gasteiger partial charge in [-0.1, -0.05) is 30.3 Å². The van der Waals surface area contributed by atoms with Gasteiger partial charge in [0, 0.05) is 5.69 Å². The lowest BCUT2D eigenvalue weighted by Crippen LogP contribution is -2.16. The molecule has 1 aromatic heterocycles. The lowest BCUT2D eigenvalue weighted by Gasteiger charge is -2.13. The normalized spacial score (nSPS) is 10.2. The Morgan fingerprint density at radius 1 is 1.26 bits per heavy atom. The first-order valence-electron chi connectivity index (χ1n) is 6.07. The average Bonchev–Trinajstić information content (AvgIpc) is 2.36. The van der Waals surface area contributed by atoms with Crippen molar-refractivity contribution >= 4 is 5.84 Å². The van der Waals surface area contributed by atoms with Gasteiger partial charge in [-0.3, -0.25) is 5.41 Å². The maximum absolute atomic E-state index is 7.63.